The van der Waals surface area contributed by atoms with E-state index in [2.05, 4.69) is 72.7 Å². The zero-order chi connectivity index (χ0) is 14.7. The molecular weight excluding hydrogens is 256 g/mol. The predicted molar refractivity (Wildman–Crippen MR) is 89.9 cm³/mol. The van der Waals surface area contributed by atoms with Crippen LogP contribution in [0.2, 0.25) is 0 Å². The van der Waals surface area contributed by atoms with Crippen LogP contribution in [0.3, 0.4) is 0 Å². The van der Waals surface area contributed by atoms with E-state index >= 15 is 0 Å². The Morgan fingerprint density at radius 1 is 1.10 bits per heavy atom. The zero-order valence-electron chi connectivity index (χ0n) is 13.0. The Bertz CT molecular complexity index is 592. The lowest BCUT2D eigenvalue weighted by atomic mass is 10.1. The van der Waals surface area contributed by atoms with Crippen LogP contribution in [-0.4, -0.2) is 19.6 Å². The van der Waals surface area contributed by atoms with Crippen molar-refractivity contribution in [3.05, 3.63) is 65.2 Å². The third-order valence-corrected chi connectivity index (χ3v) is 4.31. The van der Waals surface area contributed by atoms with Crippen LogP contribution in [0.15, 0.2) is 48.5 Å². The second-order valence-electron chi connectivity index (χ2n) is 6.11. The minimum Gasteiger partial charge on any atom is -0.374 e. The van der Waals surface area contributed by atoms with Gasteiger partial charge in [0.1, 0.15) is 0 Å². The average Bonchev–Trinajstić information content (AvgIpc) is 2.87. The molecule has 0 saturated heterocycles. The summed E-state index contributed by atoms with van der Waals surface area (Å²) in [5.74, 6) is 0. The molecule has 0 spiro atoms. The van der Waals surface area contributed by atoms with Gasteiger partial charge < -0.3 is 10.2 Å². The number of anilines is 1. The minimum atomic E-state index is 0.489. The first-order valence-electron chi connectivity index (χ1n) is 7.82. The number of likely N-dealkylation sites (N-methyl/N-ethyl adjacent to an activating group) is 1. The molecular formula is C19H24N2. The second kappa shape index (κ2) is 6.31. The molecule has 0 aliphatic carbocycles. The maximum absolute atomic E-state index is 3.64. The van der Waals surface area contributed by atoms with Crippen LogP contribution >= 0.6 is 0 Å². The van der Waals surface area contributed by atoms with E-state index in [4.69, 9.17) is 0 Å². The van der Waals surface area contributed by atoms with Gasteiger partial charge in [0.25, 0.3) is 0 Å². The highest BCUT2D eigenvalue weighted by atomic mass is 15.1. The topological polar surface area (TPSA) is 15.3 Å². The van der Waals surface area contributed by atoms with Crippen LogP contribution in [0.1, 0.15) is 23.6 Å². The van der Waals surface area contributed by atoms with Crippen molar-refractivity contribution < 1.29 is 0 Å². The molecule has 2 heteroatoms. The van der Waals surface area contributed by atoms with Gasteiger partial charge >= 0.3 is 0 Å². The number of rotatable bonds is 5. The number of fused-ring (bicyclic) bond motifs is 1. The summed E-state index contributed by atoms with van der Waals surface area (Å²) in [5.41, 5.74) is 5.68. The van der Waals surface area contributed by atoms with E-state index in [-0.39, 0.29) is 0 Å². The Morgan fingerprint density at radius 2 is 1.90 bits per heavy atom. The number of nitrogens with zero attached hydrogens (tertiary/aromatic N) is 1. The molecule has 0 bridgehead atoms. The van der Waals surface area contributed by atoms with Gasteiger partial charge in [-0.3, -0.25) is 0 Å². The highest BCUT2D eigenvalue weighted by Crippen LogP contribution is 2.27. The fourth-order valence-electron chi connectivity index (χ4n) is 3.06. The van der Waals surface area contributed by atoms with E-state index in [0.717, 1.165) is 19.5 Å². The van der Waals surface area contributed by atoms with Crippen molar-refractivity contribution in [2.45, 2.75) is 32.4 Å². The van der Waals surface area contributed by atoms with Gasteiger partial charge in [0, 0.05) is 31.9 Å². The summed E-state index contributed by atoms with van der Waals surface area (Å²) in [5, 5.41) is 3.64. The Morgan fingerprint density at radius 3 is 2.71 bits per heavy atom. The van der Waals surface area contributed by atoms with Gasteiger partial charge in [0.15, 0.2) is 0 Å². The maximum Gasteiger partial charge on any atom is 0.0397 e. The molecule has 1 N–H and O–H groups in total. The molecule has 2 aromatic rings. The van der Waals surface area contributed by atoms with Crippen molar-refractivity contribution in [3.8, 4) is 0 Å². The SMILES string of the molecule is CC(Cc1ccccc1)NCc1ccc2c(c1)CCN2C. The Hall–Kier alpha value is -1.80. The van der Waals surface area contributed by atoms with Crippen molar-refractivity contribution in [2.75, 3.05) is 18.5 Å². The summed E-state index contributed by atoms with van der Waals surface area (Å²) < 4.78 is 0. The summed E-state index contributed by atoms with van der Waals surface area (Å²) in [6, 6.07) is 18.1. The minimum absolute atomic E-state index is 0.489. The first-order chi connectivity index (χ1) is 10.2. The number of hydrogen-bond donors (Lipinski definition) is 1. The number of hydrogen-bond acceptors (Lipinski definition) is 2. The van der Waals surface area contributed by atoms with E-state index in [1.165, 1.54) is 28.8 Å². The number of benzene rings is 2. The molecule has 1 heterocycles. The van der Waals surface area contributed by atoms with Gasteiger partial charge in [-0.25, -0.2) is 0 Å². The van der Waals surface area contributed by atoms with Crippen LogP contribution < -0.4 is 10.2 Å². The molecule has 0 amide bonds. The van der Waals surface area contributed by atoms with Gasteiger partial charge in [-0.2, -0.15) is 0 Å². The first-order valence-corrected chi connectivity index (χ1v) is 7.82. The molecule has 2 nitrogen and oxygen atoms in total. The van der Waals surface area contributed by atoms with E-state index in [9.17, 15) is 0 Å². The number of nitrogens with one attached hydrogen (secondary N) is 1. The van der Waals surface area contributed by atoms with E-state index in [1.54, 1.807) is 0 Å². The van der Waals surface area contributed by atoms with E-state index < -0.39 is 0 Å². The highest BCUT2D eigenvalue weighted by Gasteiger charge is 2.15. The van der Waals surface area contributed by atoms with Crippen molar-refractivity contribution >= 4 is 5.69 Å². The second-order valence-corrected chi connectivity index (χ2v) is 6.11. The molecule has 1 unspecified atom stereocenters. The van der Waals surface area contributed by atoms with Crippen molar-refractivity contribution in [3.63, 3.8) is 0 Å². The first kappa shape index (κ1) is 14.2. The average molecular weight is 280 g/mol. The van der Waals surface area contributed by atoms with Crippen molar-refractivity contribution in [2.24, 2.45) is 0 Å². The molecule has 0 fully saturated rings. The lowest BCUT2D eigenvalue weighted by Crippen LogP contribution is -2.27. The normalized spacial score (nSPS) is 15.0. The van der Waals surface area contributed by atoms with Crippen LogP contribution in [0.25, 0.3) is 0 Å². The van der Waals surface area contributed by atoms with Crippen LogP contribution in [0.5, 0.6) is 0 Å². The largest absolute Gasteiger partial charge is 0.374 e. The fraction of sp³-hybridized carbons (Fsp3) is 0.368. The molecule has 21 heavy (non-hydrogen) atoms. The Balaban J connectivity index is 1.55. The molecule has 1 aliphatic rings. The summed E-state index contributed by atoms with van der Waals surface area (Å²) in [4.78, 5) is 2.34. The van der Waals surface area contributed by atoms with E-state index in [0.29, 0.717) is 6.04 Å². The molecule has 3 rings (SSSR count). The summed E-state index contributed by atoms with van der Waals surface area (Å²) in [7, 11) is 2.17. The van der Waals surface area contributed by atoms with Gasteiger partial charge in [0.05, 0.1) is 0 Å². The lowest BCUT2D eigenvalue weighted by Gasteiger charge is -2.15. The quantitative estimate of drug-likeness (QED) is 0.903. The summed E-state index contributed by atoms with van der Waals surface area (Å²) in [6.45, 7) is 4.36. The molecule has 110 valence electrons. The molecule has 0 aromatic heterocycles. The lowest BCUT2D eigenvalue weighted by molar-refractivity contribution is 0.545. The van der Waals surface area contributed by atoms with Gasteiger partial charge in [-0.05, 0) is 42.5 Å². The third-order valence-electron chi connectivity index (χ3n) is 4.31. The smallest absolute Gasteiger partial charge is 0.0397 e. The maximum atomic E-state index is 3.64. The van der Waals surface area contributed by atoms with Crippen molar-refractivity contribution in [1.82, 2.24) is 5.32 Å². The van der Waals surface area contributed by atoms with Gasteiger partial charge in [0.2, 0.25) is 0 Å². The van der Waals surface area contributed by atoms with Crippen molar-refractivity contribution in [1.29, 1.82) is 0 Å². The Labute approximate surface area is 127 Å². The highest BCUT2D eigenvalue weighted by molar-refractivity contribution is 5.58. The fourth-order valence-corrected chi connectivity index (χ4v) is 3.06. The van der Waals surface area contributed by atoms with Gasteiger partial charge in [-0.1, -0.05) is 42.5 Å². The predicted octanol–water partition coefficient (Wildman–Crippen LogP) is 3.40. The van der Waals surface area contributed by atoms with Gasteiger partial charge in [-0.15, -0.1) is 0 Å². The molecule has 2 aromatic carbocycles. The summed E-state index contributed by atoms with van der Waals surface area (Å²) >= 11 is 0. The molecule has 1 atom stereocenters. The monoisotopic (exact) mass is 280 g/mol. The molecule has 1 aliphatic heterocycles. The standard InChI is InChI=1S/C19H24N2/c1-15(12-16-6-4-3-5-7-16)20-14-17-8-9-19-18(13-17)10-11-21(19)2/h3-9,13,15,20H,10-12,14H2,1-2H3. The summed E-state index contributed by atoms with van der Waals surface area (Å²) in [6.07, 6.45) is 2.26. The van der Waals surface area contributed by atoms with Crippen LogP contribution in [-0.2, 0) is 19.4 Å². The van der Waals surface area contributed by atoms with Crippen LogP contribution in [0.4, 0.5) is 5.69 Å². The third kappa shape index (κ3) is 3.45. The molecule has 0 saturated carbocycles. The zero-order valence-corrected chi connectivity index (χ0v) is 13.0. The Kier molecular flexibility index (Phi) is 4.26. The molecule has 0 radical (unpaired) electrons. The van der Waals surface area contributed by atoms with E-state index in [1.807, 2.05) is 0 Å². The van der Waals surface area contributed by atoms with Crippen LogP contribution in [0, 0.1) is 0 Å².